The zero-order chi connectivity index (χ0) is 13.3. The molecular weight excluding hydrogens is 584 g/mol. The Labute approximate surface area is 153 Å². The van der Waals surface area contributed by atoms with E-state index in [4.69, 9.17) is 11.6 Å². The highest BCUT2D eigenvalue weighted by Gasteiger charge is 2.10. The van der Waals surface area contributed by atoms with Gasteiger partial charge in [-0.1, -0.05) is 30.3 Å². The van der Waals surface area contributed by atoms with Gasteiger partial charge in [0.15, 0.2) is 0 Å². The second-order valence-electron chi connectivity index (χ2n) is 3.73. The van der Waals surface area contributed by atoms with Gasteiger partial charge in [-0.25, -0.2) is 0 Å². The standard InChI is InChI=1S/C14H8ClI3/c1-8(15)14-12(17)6-10(7-13(14)18)9-2-4-11(16)5-3-9/h2-7H,1H2. The average molecular weight is 592 g/mol. The normalized spacial score (nSPS) is 10.4. The molecule has 0 amide bonds. The highest BCUT2D eigenvalue weighted by atomic mass is 127. The van der Waals surface area contributed by atoms with Crippen molar-refractivity contribution >= 4 is 84.4 Å². The monoisotopic (exact) mass is 592 g/mol. The van der Waals surface area contributed by atoms with Gasteiger partial charge in [0.1, 0.15) is 0 Å². The first-order chi connectivity index (χ1) is 8.49. The molecule has 2 aromatic rings. The molecule has 2 aromatic carbocycles. The van der Waals surface area contributed by atoms with Gasteiger partial charge in [0.25, 0.3) is 0 Å². The fraction of sp³-hybridized carbons (Fsp3) is 0. The first-order valence-corrected chi connectivity index (χ1v) is 8.70. The highest BCUT2D eigenvalue weighted by Crippen LogP contribution is 2.32. The predicted octanol–water partition coefficient (Wildman–Crippen LogP) is 6.38. The van der Waals surface area contributed by atoms with Gasteiger partial charge in [0.2, 0.25) is 0 Å². The summed E-state index contributed by atoms with van der Waals surface area (Å²) in [4.78, 5) is 0. The topological polar surface area (TPSA) is 0 Å². The summed E-state index contributed by atoms with van der Waals surface area (Å²) in [6, 6.07) is 12.8. The lowest BCUT2D eigenvalue weighted by atomic mass is 10.0. The fourth-order valence-corrected chi connectivity index (χ4v) is 4.94. The van der Waals surface area contributed by atoms with E-state index in [1.165, 1.54) is 14.7 Å². The van der Waals surface area contributed by atoms with Crippen molar-refractivity contribution in [3.63, 3.8) is 0 Å². The molecule has 0 saturated carbocycles. The molecule has 0 aliphatic carbocycles. The van der Waals surface area contributed by atoms with Gasteiger partial charge < -0.3 is 0 Å². The number of hydrogen-bond acceptors (Lipinski definition) is 0. The van der Waals surface area contributed by atoms with Crippen LogP contribution in [0.1, 0.15) is 5.56 Å². The van der Waals surface area contributed by atoms with E-state index in [0.717, 1.165) is 12.7 Å². The summed E-state index contributed by atoms with van der Waals surface area (Å²) in [6.07, 6.45) is 0. The molecule has 92 valence electrons. The van der Waals surface area contributed by atoms with Crippen molar-refractivity contribution in [2.24, 2.45) is 0 Å². The van der Waals surface area contributed by atoms with E-state index in [2.05, 4.69) is 111 Å². The minimum atomic E-state index is 0.595. The maximum Gasteiger partial charge on any atom is 0.0427 e. The molecule has 0 aromatic heterocycles. The number of benzene rings is 2. The summed E-state index contributed by atoms with van der Waals surface area (Å²) in [5, 5.41) is 0.595. The summed E-state index contributed by atoms with van der Waals surface area (Å²) in [5.41, 5.74) is 3.46. The smallest absolute Gasteiger partial charge is 0.0427 e. The van der Waals surface area contributed by atoms with E-state index in [-0.39, 0.29) is 0 Å². The van der Waals surface area contributed by atoms with Crippen molar-refractivity contribution in [3.8, 4) is 11.1 Å². The van der Waals surface area contributed by atoms with Crippen LogP contribution >= 0.6 is 79.4 Å². The van der Waals surface area contributed by atoms with Crippen LogP contribution in [-0.4, -0.2) is 0 Å². The highest BCUT2D eigenvalue weighted by molar-refractivity contribution is 14.1. The van der Waals surface area contributed by atoms with Gasteiger partial charge in [-0.15, -0.1) is 0 Å². The Balaban J connectivity index is 2.54. The van der Waals surface area contributed by atoms with Gasteiger partial charge in [0, 0.05) is 21.3 Å². The molecule has 0 aliphatic heterocycles. The molecule has 0 heterocycles. The summed E-state index contributed by atoms with van der Waals surface area (Å²) in [5.74, 6) is 0. The maximum atomic E-state index is 6.03. The second-order valence-corrected chi connectivity index (χ2v) is 7.75. The zero-order valence-corrected chi connectivity index (χ0v) is 16.4. The molecule has 4 heteroatoms. The molecule has 0 fully saturated rings. The minimum absolute atomic E-state index is 0.595. The lowest BCUT2D eigenvalue weighted by molar-refractivity contribution is 1.51. The molecule has 0 N–H and O–H groups in total. The Kier molecular flexibility index (Phi) is 5.36. The van der Waals surface area contributed by atoms with Crippen molar-refractivity contribution in [2.75, 3.05) is 0 Å². The SMILES string of the molecule is C=C(Cl)c1c(I)cc(-c2ccc(I)cc2)cc1I. The van der Waals surface area contributed by atoms with Crippen LogP contribution in [0.4, 0.5) is 0 Å². The summed E-state index contributed by atoms with van der Waals surface area (Å²) in [6.45, 7) is 3.82. The van der Waals surface area contributed by atoms with Crippen molar-refractivity contribution in [3.05, 3.63) is 59.3 Å². The van der Waals surface area contributed by atoms with Crippen LogP contribution < -0.4 is 0 Å². The maximum absolute atomic E-state index is 6.03. The quantitative estimate of drug-likeness (QED) is 0.356. The van der Waals surface area contributed by atoms with E-state index in [1.807, 2.05) is 0 Å². The summed E-state index contributed by atoms with van der Waals surface area (Å²) in [7, 11) is 0. The Morgan fingerprint density at radius 1 is 0.889 bits per heavy atom. The number of halogens is 4. The third-order valence-corrected chi connectivity index (χ3v) is 5.10. The molecule has 0 unspecified atom stereocenters. The van der Waals surface area contributed by atoms with Crippen LogP contribution in [0.3, 0.4) is 0 Å². The van der Waals surface area contributed by atoms with Crippen LogP contribution in [0, 0.1) is 10.7 Å². The van der Waals surface area contributed by atoms with Gasteiger partial charge >= 0.3 is 0 Å². The van der Waals surface area contributed by atoms with Crippen molar-refractivity contribution in [1.29, 1.82) is 0 Å². The van der Waals surface area contributed by atoms with Gasteiger partial charge in [-0.2, -0.15) is 0 Å². The van der Waals surface area contributed by atoms with E-state index < -0.39 is 0 Å². The molecular formula is C14H8ClI3. The first-order valence-electron chi connectivity index (χ1n) is 5.09. The van der Waals surface area contributed by atoms with E-state index in [1.54, 1.807) is 0 Å². The van der Waals surface area contributed by atoms with Gasteiger partial charge in [0.05, 0.1) is 0 Å². The van der Waals surface area contributed by atoms with Crippen molar-refractivity contribution < 1.29 is 0 Å². The third-order valence-electron chi connectivity index (χ3n) is 2.49. The molecule has 2 rings (SSSR count). The lowest BCUT2D eigenvalue weighted by Crippen LogP contribution is -1.91. The molecule has 0 spiro atoms. The molecule has 0 bridgehead atoms. The molecule has 0 atom stereocenters. The number of rotatable bonds is 2. The molecule has 0 saturated heterocycles. The molecule has 0 radical (unpaired) electrons. The van der Waals surface area contributed by atoms with Crippen LogP contribution in [0.15, 0.2) is 43.0 Å². The molecule has 0 aliphatic rings. The van der Waals surface area contributed by atoms with Gasteiger partial charge in [-0.3, -0.25) is 0 Å². The number of hydrogen-bond donors (Lipinski definition) is 0. The van der Waals surface area contributed by atoms with Crippen LogP contribution in [0.25, 0.3) is 16.2 Å². The van der Waals surface area contributed by atoms with Crippen molar-refractivity contribution in [1.82, 2.24) is 0 Å². The Morgan fingerprint density at radius 2 is 1.39 bits per heavy atom. The van der Waals surface area contributed by atoms with Gasteiger partial charge in [-0.05, 0) is 103 Å². The fourth-order valence-electron chi connectivity index (χ4n) is 1.64. The Morgan fingerprint density at radius 3 is 1.83 bits per heavy atom. The van der Waals surface area contributed by atoms with E-state index in [0.29, 0.717) is 5.03 Å². The predicted molar refractivity (Wildman–Crippen MR) is 105 cm³/mol. The second kappa shape index (κ2) is 6.41. The molecule has 18 heavy (non-hydrogen) atoms. The lowest BCUT2D eigenvalue weighted by Gasteiger charge is -2.10. The minimum Gasteiger partial charge on any atom is -0.0843 e. The largest absolute Gasteiger partial charge is 0.0843 e. The third kappa shape index (κ3) is 3.40. The summed E-state index contributed by atoms with van der Waals surface area (Å²) < 4.78 is 3.51. The average Bonchev–Trinajstić information content (AvgIpc) is 2.28. The molecule has 0 nitrogen and oxygen atoms in total. The van der Waals surface area contributed by atoms with Crippen LogP contribution in [0.2, 0.25) is 0 Å². The van der Waals surface area contributed by atoms with Crippen molar-refractivity contribution in [2.45, 2.75) is 0 Å². The Hall–Kier alpha value is 0.660. The Bertz CT molecular complexity index is 580. The zero-order valence-electron chi connectivity index (χ0n) is 9.18. The first kappa shape index (κ1) is 15.1. The summed E-state index contributed by atoms with van der Waals surface area (Å²) >= 11 is 13.0. The van der Waals surface area contributed by atoms with E-state index >= 15 is 0 Å². The van der Waals surface area contributed by atoms with Crippen LogP contribution in [0.5, 0.6) is 0 Å². The van der Waals surface area contributed by atoms with E-state index in [9.17, 15) is 0 Å². The van der Waals surface area contributed by atoms with Crippen LogP contribution in [-0.2, 0) is 0 Å².